The molecule has 4 nitrogen and oxygen atoms in total. The van der Waals surface area contributed by atoms with Crippen molar-refractivity contribution in [1.82, 2.24) is 4.98 Å². The van der Waals surface area contributed by atoms with Gasteiger partial charge in [0.1, 0.15) is 5.75 Å². The van der Waals surface area contributed by atoms with Crippen molar-refractivity contribution in [3.05, 3.63) is 46.2 Å². The molecule has 2 rings (SSSR count). The zero-order chi connectivity index (χ0) is 10.7. The first kappa shape index (κ1) is 10.2. The second-order valence-corrected chi connectivity index (χ2v) is 3.84. The van der Waals surface area contributed by atoms with Crippen molar-refractivity contribution >= 4 is 28.6 Å². The van der Waals surface area contributed by atoms with E-state index in [4.69, 9.17) is 9.15 Å². The zero-order valence-corrected chi connectivity index (χ0v) is 9.67. The molecule has 0 spiro atoms. The monoisotopic (exact) mass is 315 g/mol. The summed E-state index contributed by atoms with van der Waals surface area (Å²) in [6, 6.07) is 4.81. The molecule has 76 valence electrons. The average Bonchev–Trinajstić information content (AvgIpc) is 2.74. The first-order valence-electron chi connectivity index (χ1n) is 4.12. The van der Waals surface area contributed by atoms with E-state index in [1.54, 1.807) is 30.6 Å². The largest absolute Gasteiger partial charge is 0.457 e. The normalized spacial score (nSPS) is 9.93. The third-order valence-corrected chi connectivity index (χ3v) is 2.47. The fourth-order valence-corrected chi connectivity index (χ4v) is 1.44. The third-order valence-electron chi connectivity index (χ3n) is 1.66. The quantitative estimate of drug-likeness (QED) is 0.631. The van der Waals surface area contributed by atoms with Gasteiger partial charge in [0, 0.05) is 18.5 Å². The van der Waals surface area contributed by atoms with Crippen LogP contribution in [-0.2, 0) is 0 Å². The third kappa shape index (κ3) is 2.35. The standard InChI is InChI=1S/C10H6INO3/c11-7-6-12-4-3-8(7)15-10(13)9-2-1-5-14-9/h1-6H. The summed E-state index contributed by atoms with van der Waals surface area (Å²) in [5.74, 6) is 0.152. The van der Waals surface area contributed by atoms with Gasteiger partial charge in [-0.05, 0) is 34.7 Å². The number of carbonyl (C=O) groups is 1. The highest BCUT2D eigenvalue weighted by Gasteiger charge is 2.12. The van der Waals surface area contributed by atoms with E-state index in [9.17, 15) is 4.79 Å². The molecule has 5 heteroatoms. The van der Waals surface area contributed by atoms with E-state index in [-0.39, 0.29) is 5.76 Å². The van der Waals surface area contributed by atoms with Crippen LogP contribution in [-0.4, -0.2) is 11.0 Å². The molecule has 0 N–H and O–H groups in total. The molecular formula is C10H6INO3. The minimum atomic E-state index is -0.510. The minimum absolute atomic E-state index is 0.183. The summed E-state index contributed by atoms with van der Waals surface area (Å²) in [5.41, 5.74) is 0. The Balaban J connectivity index is 2.17. The number of halogens is 1. The Morgan fingerprint density at radius 2 is 2.33 bits per heavy atom. The molecule has 0 saturated heterocycles. The summed E-state index contributed by atoms with van der Waals surface area (Å²) < 4.78 is 10.8. The number of furan rings is 1. The topological polar surface area (TPSA) is 52.3 Å². The fraction of sp³-hybridized carbons (Fsp3) is 0. The van der Waals surface area contributed by atoms with Crippen LogP contribution in [0.5, 0.6) is 5.75 Å². The van der Waals surface area contributed by atoms with Gasteiger partial charge >= 0.3 is 5.97 Å². The number of rotatable bonds is 2. The number of esters is 1. The van der Waals surface area contributed by atoms with Gasteiger partial charge in [-0.25, -0.2) is 4.79 Å². The fourth-order valence-electron chi connectivity index (χ4n) is 0.990. The lowest BCUT2D eigenvalue weighted by Crippen LogP contribution is -2.08. The second kappa shape index (κ2) is 4.43. The summed E-state index contributed by atoms with van der Waals surface area (Å²) >= 11 is 2.04. The van der Waals surface area contributed by atoms with E-state index < -0.39 is 5.97 Å². The van der Waals surface area contributed by atoms with Gasteiger partial charge in [-0.1, -0.05) is 0 Å². The van der Waals surface area contributed by atoms with Crippen molar-refractivity contribution in [1.29, 1.82) is 0 Å². The first-order valence-corrected chi connectivity index (χ1v) is 5.20. The molecule has 2 aromatic heterocycles. The van der Waals surface area contributed by atoms with E-state index in [0.29, 0.717) is 5.75 Å². The first-order chi connectivity index (χ1) is 7.27. The van der Waals surface area contributed by atoms with Crippen LogP contribution in [0.15, 0.2) is 41.3 Å². The Labute approximate surface area is 99.4 Å². The lowest BCUT2D eigenvalue weighted by molar-refractivity contribution is 0.0700. The van der Waals surface area contributed by atoms with E-state index in [1.807, 2.05) is 22.6 Å². The molecule has 2 heterocycles. The molecule has 15 heavy (non-hydrogen) atoms. The molecule has 0 radical (unpaired) electrons. The summed E-state index contributed by atoms with van der Waals surface area (Å²) in [6.07, 6.45) is 4.60. The second-order valence-electron chi connectivity index (χ2n) is 2.67. The molecule has 0 aromatic carbocycles. The smallest absolute Gasteiger partial charge is 0.379 e. The lowest BCUT2D eigenvalue weighted by Gasteiger charge is -2.03. The molecule has 0 atom stereocenters. The summed E-state index contributed by atoms with van der Waals surface area (Å²) in [6.45, 7) is 0. The lowest BCUT2D eigenvalue weighted by atomic mass is 10.4. The van der Waals surface area contributed by atoms with Crippen molar-refractivity contribution in [3.8, 4) is 5.75 Å². The molecule has 0 amide bonds. The van der Waals surface area contributed by atoms with Crippen LogP contribution in [0.1, 0.15) is 10.6 Å². The van der Waals surface area contributed by atoms with Crippen molar-refractivity contribution in [3.63, 3.8) is 0 Å². The number of hydrogen-bond donors (Lipinski definition) is 0. The molecule has 0 aliphatic heterocycles. The maximum atomic E-state index is 11.5. The zero-order valence-electron chi connectivity index (χ0n) is 7.51. The summed E-state index contributed by atoms with van der Waals surface area (Å²) in [5, 5.41) is 0. The van der Waals surface area contributed by atoms with Gasteiger partial charge in [-0.3, -0.25) is 4.98 Å². The Bertz CT molecular complexity index is 467. The van der Waals surface area contributed by atoms with Crippen LogP contribution in [0.3, 0.4) is 0 Å². The number of ether oxygens (including phenoxy) is 1. The highest BCUT2D eigenvalue weighted by Crippen LogP contribution is 2.19. The van der Waals surface area contributed by atoms with Crippen molar-refractivity contribution in [2.24, 2.45) is 0 Å². The molecule has 2 aromatic rings. The van der Waals surface area contributed by atoms with Gasteiger partial charge in [0.05, 0.1) is 9.83 Å². The predicted octanol–water partition coefficient (Wildman–Crippen LogP) is 2.50. The maximum Gasteiger partial charge on any atom is 0.379 e. The highest BCUT2D eigenvalue weighted by molar-refractivity contribution is 14.1. The molecule has 0 aliphatic rings. The maximum absolute atomic E-state index is 11.5. The summed E-state index contributed by atoms with van der Waals surface area (Å²) in [4.78, 5) is 15.4. The highest BCUT2D eigenvalue weighted by atomic mass is 127. The molecule has 0 bridgehead atoms. The predicted molar refractivity (Wildman–Crippen MR) is 60.6 cm³/mol. The number of hydrogen-bond acceptors (Lipinski definition) is 4. The van der Waals surface area contributed by atoms with Crippen LogP contribution >= 0.6 is 22.6 Å². The SMILES string of the molecule is O=C(Oc1ccncc1I)c1ccco1. The number of nitrogens with zero attached hydrogens (tertiary/aromatic N) is 1. The van der Waals surface area contributed by atoms with Crippen molar-refractivity contribution in [2.45, 2.75) is 0 Å². The van der Waals surface area contributed by atoms with Crippen molar-refractivity contribution in [2.75, 3.05) is 0 Å². The average molecular weight is 315 g/mol. The van der Waals surface area contributed by atoms with Crippen molar-refractivity contribution < 1.29 is 13.9 Å². The van der Waals surface area contributed by atoms with Gasteiger partial charge in [0.25, 0.3) is 0 Å². The number of pyridine rings is 1. The molecule has 0 unspecified atom stereocenters. The van der Waals surface area contributed by atoms with Crippen LogP contribution in [0.4, 0.5) is 0 Å². The molecule has 0 fully saturated rings. The molecule has 0 saturated carbocycles. The van der Waals surface area contributed by atoms with E-state index >= 15 is 0 Å². The Kier molecular flexibility index (Phi) is 3.00. The Morgan fingerprint density at radius 3 is 3.00 bits per heavy atom. The van der Waals surface area contributed by atoms with Gasteiger partial charge in [0.15, 0.2) is 0 Å². The van der Waals surface area contributed by atoms with E-state index in [2.05, 4.69) is 4.98 Å². The van der Waals surface area contributed by atoms with E-state index in [0.717, 1.165) is 3.57 Å². The van der Waals surface area contributed by atoms with Crippen LogP contribution in [0.2, 0.25) is 0 Å². The molecule has 0 aliphatic carbocycles. The van der Waals surface area contributed by atoms with Crippen LogP contribution in [0.25, 0.3) is 0 Å². The number of carbonyl (C=O) groups excluding carboxylic acids is 1. The van der Waals surface area contributed by atoms with Gasteiger partial charge in [-0.2, -0.15) is 0 Å². The van der Waals surface area contributed by atoms with E-state index in [1.165, 1.54) is 6.26 Å². The van der Waals surface area contributed by atoms with Gasteiger partial charge < -0.3 is 9.15 Å². The number of aromatic nitrogens is 1. The molecular weight excluding hydrogens is 309 g/mol. The van der Waals surface area contributed by atoms with Crippen LogP contribution < -0.4 is 4.74 Å². The minimum Gasteiger partial charge on any atom is -0.457 e. The Morgan fingerprint density at radius 1 is 1.47 bits per heavy atom. The van der Waals surface area contributed by atoms with Gasteiger partial charge in [0.2, 0.25) is 5.76 Å². The summed E-state index contributed by atoms with van der Waals surface area (Å²) in [7, 11) is 0. The van der Waals surface area contributed by atoms with Crippen LogP contribution in [0, 0.1) is 3.57 Å². The van der Waals surface area contributed by atoms with Gasteiger partial charge in [-0.15, -0.1) is 0 Å². The Hall–Kier alpha value is -1.37.